The van der Waals surface area contributed by atoms with E-state index < -0.39 is 6.67 Å². The van der Waals surface area contributed by atoms with Gasteiger partial charge in [0.15, 0.2) is 0 Å². The Morgan fingerprint density at radius 1 is 0.800 bits per heavy atom. The molecular weight excluding hydrogens is 510 g/mol. The van der Waals surface area contributed by atoms with Crippen LogP contribution in [0.15, 0.2) is 85.3 Å². The van der Waals surface area contributed by atoms with Crippen molar-refractivity contribution in [2.24, 2.45) is 7.05 Å². The van der Waals surface area contributed by atoms with Crippen molar-refractivity contribution in [3.05, 3.63) is 91.0 Å². The molecule has 206 valence electrons. The number of ether oxygens (including phenoxy) is 4. The molecule has 0 radical (unpaired) electrons. The van der Waals surface area contributed by atoms with Gasteiger partial charge >= 0.3 is 0 Å². The van der Waals surface area contributed by atoms with Gasteiger partial charge in [-0.3, -0.25) is 9.67 Å². The minimum Gasteiger partial charge on any atom is -0.490 e. The Hall–Kier alpha value is -4.34. The molecule has 5 rings (SSSR count). The van der Waals surface area contributed by atoms with Crippen LogP contribution in [-0.4, -0.2) is 59.5 Å². The Morgan fingerprint density at radius 3 is 2.35 bits per heavy atom. The predicted octanol–water partition coefficient (Wildman–Crippen LogP) is 5.66. The second kappa shape index (κ2) is 13.6. The lowest BCUT2D eigenvalue weighted by Gasteiger charge is -2.13. The van der Waals surface area contributed by atoms with Crippen LogP contribution < -0.4 is 9.47 Å². The summed E-state index contributed by atoms with van der Waals surface area (Å²) < 4.78 is 36.6. The van der Waals surface area contributed by atoms with Crippen LogP contribution in [0.5, 0.6) is 11.5 Å². The first kappa shape index (κ1) is 27.2. The third kappa shape index (κ3) is 6.99. The number of pyridine rings is 2. The van der Waals surface area contributed by atoms with Crippen molar-refractivity contribution in [1.29, 1.82) is 0 Å². The number of alkyl halides is 1. The summed E-state index contributed by atoms with van der Waals surface area (Å²) in [7, 11) is 1.92. The minimum absolute atomic E-state index is 0.0926. The Balaban J connectivity index is 1.22. The summed E-state index contributed by atoms with van der Waals surface area (Å²) in [5, 5.41) is 5.59. The fourth-order valence-corrected chi connectivity index (χ4v) is 4.29. The molecule has 2 aromatic carbocycles. The van der Waals surface area contributed by atoms with Gasteiger partial charge in [-0.25, -0.2) is 9.37 Å². The molecule has 9 heteroatoms. The number of fused-ring (bicyclic) bond motifs is 1. The van der Waals surface area contributed by atoms with Gasteiger partial charge in [0, 0.05) is 48.2 Å². The largest absolute Gasteiger partial charge is 0.490 e. The lowest BCUT2D eigenvalue weighted by Crippen LogP contribution is -2.12. The van der Waals surface area contributed by atoms with Crippen LogP contribution in [0, 0.1) is 0 Å². The lowest BCUT2D eigenvalue weighted by molar-refractivity contribution is 0.0326. The van der Waals surface area contributed by atoms with Crippen LogP contribution in [0.1, 0.15) is 5.69 Å². The van der Waals surface area contributed by atoms with Crippen molar-refractivity contribution in [3.8, 4) is 33.9 Å². The molecule has 0 bridgehead atoms. The quantitative estimate of drug-likeness (QED) is 0.168. The van der Waals surface area contributed by atoms with Gasteiger partial charge in [0.25, 0.3) is 0 Å². The number of hydrogen-bond donors (Lipinski definition) is 0. The molecular formula is C31H31FN4O4. The number of aromatic nitrogens is 4. The van der Waals surface area contributed by atoms with Crippen molar-refractivity contribution in [2.45, 2.75) is 6.61 Å². The molecule has 40 heavy (non-hydrogen) atoms. The second-order valence-electron chi connectivity index (χ2n) is 9.01. The minimum atomic E-state index is -0.491. The number of halogens is 1. The molecule has 5 aromatic rings. The Kier molecular flexibility index (Phi) is 9.29. The third-order valence-corrected chi connectivity index (χ3v) is 6.14. The van der Waals surface area contributed by atoms with Crippen molar-refractivity contribution >= 4 is 10.9 Å². The van der Waals surface area contributed by atoms with Crippen LogP contribution in [0.25, 0.3) is 33.3 Å². The summed E-state index contributed by atoms with van der Waals surface area (Å²) in [4.78, 5) is 8.87. The zero-order chi connectivity index (χ0) is 27.6. The molecule has 0 saturated heterocycles. The van der Waals surface area contributed by atoms with Crippen molar-refractivity contribution in [2.75, 3.05) is 39.7 Å². The summed E-state index contributed by atoms with van der Waals surface area (Å²) in [6, 6.07) is 21.6. The first-order valence-corrected chi connectivity index (χ1v) is 13.1. The van der Waals surface area contributed by atoms with E-state index in [1.165, 1.54) is 0 Å². The number of benzene rings is 2. The number of aryl methyl sites for hydroxylation is 1. The molecule has 0 aliphatic carbocycles. The molecule has 8 nitrogen and oxygen atoms in total. The van der Waals surface area contributed by atoms with E-state index in [-0.39, 0.29) is 13.2 Å². The van der Waals surface area contributed by atoms with E-state index in [4.69, 9.17) is 23.9 Å². The van der Waals surface area contributed by atoms with Crippen LogP contribution in [0.4, 0.5) is 4.39 Å². The summed E-state index contributed by atoms with van der Waals surface area (Å²) in [6.45, 7) is 1.40. The topological polar surface area (TPSA) is 80.5 Å². The normalized spacial score (nSPS) is 11.2. The first-order chi connectivity index (χ1) is 19.7. The summed E-state index contributed by atoms with van der Waals surface area (Å²) in [5.41, 5.74) is 5.58. The maximum atomic E-state index is 12.1. The fraction of sp³-hybridized carbons (Fsp3) is 0.258. The number of nitrogens with zero attached hydrogens (tertiary/aromatic N) is 4. The SMILES string of the molecule is Cn1cc(-c2ccncc2)c(-c2ccc(OCc3cc(OCCOCCOCC[18F])c4ccccc4n3)cc2)n1. The maximum absolute atomic E-state index is 12.1. The average Bonchev–Trinajstić information content (AvgIpc) is 3.39. The number of hydrogen-bond acceptors (Lipinski definition) is 7. The van der Waals surface area contributed by atoms with Crippen molar-refractivity contribution in [1.82, 2.24) is 19.7 Å². The second-order valence-corrected chi connectivity index (χ2v) is 9.01. The van der Waals surface area contributed by atoms with Crippen molar-refractivity contribution in [3.63, 3.8) is 0 Å². The van der Waals surface area contributed by atoms with Crippen LogP contribution in [0.3, 0.4) is 0 Å². The zero-order valence-electron chi connectivity index (χ0n) is 22.3. The van der Waals surface area contributed by atoms with E-state index in [0.717, 1.165) is 50.5 Å². The highest BCUT2D eigenvalue weighted by Crippen LogP contribution is 2.32. The molecule has 3 heterocycles. The van der Waals surface area contributed by atoms with Crippen LogP contribution >= 0.6 is 0 Å². The lowest BCUT2D eigenvalue weighted by atomic mass is 10.0. The van der Waals surface area contributed by atoms with E-state index in [9.17, 15) is 4.39 Å². The molecule has 3 aromatic heterocycles. The molecule has 0 aliphatic rings. The molecule has 0 aliphatic heterocycles. The zero-order valence-corrected chi connectivity index (χ0v) is 22.3. The van der Waals surface area contributed by atoms with E-state index >= 15 is 0 Å². The first-order valence-electron chi connectivity index (χ1n) is 13.1. The van der Waals surface area contributed by atoms with Gasteiger partial charge in [0.05, 0.1) is 37.6 Å². The Labute approximate surface area is 232 Å². The number of rotatable bonds is 14. The van der Waals surface area contributed by atoms with Gasteiger partial charge in [-0.05, 0) is 54.1 Å². The third-order valence-electron chi connectivity index (χ3n) is 6.14. The van der Waals surface area contributed by atoms with E-state index in [0.29, 0.717) is 26.4 Å². The predicted molar refractivity (Wildman–Crippen MR) is 151 cm³/mol. The van der Waals surface area contributed by atoms with Gasteiger partial charge in [-0.2, -0.15) is 5.10 Å². The van der Waals surface area contributed by atoms with Crippen LogP contribution in [0.2, 0.25) is 0 Å². The highest BCUT2D eigenvalue weighted by Gasteiger charge is 2.13. The van der Waals surface area contributed by atoms with E-state index in [2.05, 4.69) is 10.1 Å². The summed E-state index contributed by atoms with van der Waals surface area (Å²) in [6.07, 6.45) is 5.57. The summed E-state index contributed by atoms with van der Waals surface area (Å²) >= 11 is 0. The maximum Gasteiger partial charge on any atom is 0.130 e. The van der Waals surface area contributed by atoms with Gasteiger partial charge in [-0.15, -0.1) is 0 Å². The van der Waals surface area contributed by atoms with E-state index in [1.807, 2.05) is 84.7 Å². The molecule has 0 spiro atoms. The Bertz CT molecular complexity index is 1510. The fourth-order valence-electron chi connectivity index (χ4n) is 4.29. The van der Waals surface area contributed by atoms with Gasteiger partial charge in [0.2, 0.25) is 0 Å². The molecule has 0 unspecified atom stereocenters. The van der Waals surface area contributed by atoms with Gasteiger partial charge in [-0.1, -0.05) is 12.1 Å². The summed E-state index contributed by atoms with van der Waals surface area (Å²) in [5.74, 6) is 1.45. The average molecular weight is 542 g/mol. The monoisotopic (exact) mass is 541 g/mol. The molecule has 0 N–H and O–H groups in total. The molecule has 0 amide bonds. The standard InChI is InChI=1S/C31H31FN4O4/c1-36-21-28(23-10-13-33-14-11-23)31(35-36)24-6-8-26(9-7-24)40-22-25-20-30(27-4-2-3-5-29(27)34-25)39-19-18-38-17-16-37-15-12-32/h2-11,13-14,20-21H,12,15-19,22H2,1H3/i32-1. The smallest absolute Gasteiger partial charge is 0.130 e. The van der Waals surface area contributed by atoms with E-state index in [1.54, 1.807) is 12.4 Å². The van der Waals surface area contributed by atoms with Crippen LogP contribution in [-0.2, 0) is 23.1 Å². The molecule has 0 fully saturated rings. The van der Waals surface area contributed by atoms with Gasteiger partial charge in [0.1, 0.15) is 37.1 Å². The molecule has 0 saturated carbocycles. The molecule has 0 atom stereocenters. The highest BCUT2D eigenvalue weighted by molar-refractivity contribution is 5.85. The highest BCUT2D eigenvalue weighted by atomic mass is 18.2. The Morgan fingerprint density at radius 2 is 1.55 bits per heavy atom. The number of para-hydroxylation sites is 1. The van der Waals surface area contributed by atoms with Gasteiger partial charge < -0.3 is 18.9 Å². The van der Waals surface area contributed by atoms with Crippen molar-refractivity contribution < 1.29 is 23.3 Å².